The second-order valence-electron chi connectivity index (χ2n) is 4.42. The summed E-state index contributed by atoms with van der Waals surface area (Å²) in [6.07, 6.45) is 2.66. The van der Waals surface area contributed by atoms with E-state index in [-0.39, 0.29) is 5.75 Å². The normalized spacial score (nSPS) is 15.8. The molecule has 1 aliphatic rings. The topological polar surface area (TPSA) is 58.3 Å². The molecule has 0 saturated carbocycles. The predicted octanol–water partition coefficient (Wildman–Crippen LogP) is 1.81. The number of aromatic hydroxyl groups is 1. The molecule has 0 bridgehead atoms. The van der Waals surface area contributed by atoms with Gasteiger partial charge in [0.2, 0.25) is 5.89 Å². The Morgan fingerprint density at radius 2 is 2.29 bits per heavy atom. The van der Waals surface area contributed by atoms with E-state index in [4.69, 9.17) is 4.42 Å². The van der Waals surface area contributed by atoms with E-state index in [1.165, 1.54) is 0 Å². The summed E-state index contributed by atoms with van der Waals surface area (Å²) in [7, 11) is 0. The van der Waals surface area contributed by atoms with Crippen molar-refractivity contribution < 1.29 is 9.52 Å². The molecule has 1 fully saturated rings. The second kappa shape index (κ2) is 4.22. The number of nitrogens with zero attached hydrogens (tertiary/aromatic N) is 1. The molecule has 0 unspecified atom stereocenters. The van der Waals surface area contributed by atoms with Crippen LogP contribution < -0.4 is 5.32 Å². The summed E-state index contributed by atoms with van der Waals surface area (Å²) in [4.78, 5) is 4.44. The number of benzene rings is 1. The summed E-state index contributed by atoms with van der Waals surface area (Å²) in [5, 5.41) is 12.6. The number of hydrogen-bond acceptors (Lipinski definition) is 4. The van der Waals surface area contributed by atoms with Gasteiger partial charge in [0.1, 0.15) is 12.0 Å². The van der Waals surface area contributed by atoms with E-state index < -0.39 is 0 Å². The monoisotopic (exact) mass is 230 g/mol. The molecule has 1 aromatic heterocycles. The van der Waals surface area contributed by atoms with Crippen LogP contribution in [0, 0.1) is 5.92 Å². The molecule has 0 amide bonds. The van der Waals surface area contributed by atoms with Gasteiger partial charge in [-0.25, -0.2) is 4.98 Å². The average Bonchev–Trinajstić information content (AvgIpc) is 2.72. The Morgan fingerprint density at radius 1 is 1.41 bits per heavy atom. The van der Waals surface area contributed by atoms with Gasteiger partial charge in [-0.05, 0) is 43.6 Å². The molecule has 88 valence electrons. The highest BCUT2D eigenvalue weighted by molar-refractivity contribution is 5.55. The summed E-state index contributed by atoms with van der Waals surface area (Å²) in [5.41, 5.74) is 1.79. The van der Waals surface area contributed by atoms with Gasteiger partial charge in [0, 0.05) is 5.56 Å². The number of phenols is 1. The molecule has 1 saturated heterocycles. The number of oxazole rings is 1. The van der Waals surface area contributed by atoms with Crippen molar-refractivity contribution in [3.05, 3.63) is 36.2 Å². The first kappa shape index (κ1) is 10.4. The second-order valence-corrected chi connectivity index (χ2v) is 4.42. The standard InChI is InChI=1S/C13H14N2O2/c16-12-3-1-2-10(5-12)13-15-11(8-17-13)4-9-6-14-7-9/h1-3,5,8-9,14,16H,4,6-7H2. The summed E-state index contributed by atoms with van der Waals surface area (Å²) in [6, 6.07) is 6.94. The lowest BCUT2D eigenvalue weighted by atomic mass is 9.98. The largest absolute Gasteiger partial charge is 0.508 e. The van der Waals surface area contributed by atoms with Crippen LogP contribution in [0.5, 0.6) is 5.75 Å². The summed E-state index contributed by atoms with van der Waals surface area (Å²) >= 11 is 0. The van der Waals surface area contributed by atoms with Crippen molar-refractivity contribution in [3.63, 3.8) is 0 Å². The first-order valence-corrected chi connectivity index (χ1v) is 5.76. The maximum absolute atomic E-state index is 9.40. The molecule has 2 N–H and O–H groups in total. The zero-order valence-electron chi connectivity index (χ0n) is 9.39. The van der Waals surface area contributed by atoms with Crippen molar-refractivity contribution in [1.82, 2.24) is 10.3 Å². The van der Waals surface area contributed by atoms with E-state index in [0.29, 0.717) is 11.8 Å². The molecule has 0 radical (unpaired) electrons. The first-order valence-electron chi connectivity index (χ1n) is 5.76. The Bertz CT molecular complexity index is 518. The van der Waals surface area contributed by atoms with Gasteiger partial charge in [0.05, 0.1) is 5.69 Å². The zero-order valence-corrected chi connectivity index (χ0v) is 9.39. The molecule has 0 atom stereocenters. The van der Waals surface area contributed by atoms with Crippen molar-refractivity contribution in [2.24, 2.45) is 5.92 Å². The van der Waals surface area contributed by atoms with Gasteiger partial charge < -0.3 is 14.8 Å². The number of nitrogens with one attached hydrogen (secondary N) is 1. The average molecular weight is 230 g/mol. The fourth-order valence-corrected chi connectivity index (χ4v) is 1.96. The van der Waals surface area contributed by atoms with Crippen molar-refractivity contribution in [2.45, 2.75) is 6.42 Å². The third-order valence-electron chi connectivity index (χ3n) is 3.01. The molecule has 2 aromatic rings. The minimum Gasteiger partial charge on any atom is -0.508 e. The predicted molar refractivity (Wildman–Crippen MR) is 63.7 cm³/mol. The van der Waals surface area contributed by atoms with Crippen LogP contribution >= 0.6 is 0 Å². The lowest BCUT2D eigenvalue weighted by Crippen LogP contribution is -2.43. The fraction of sp³-hybridized carbons (Fsp3) is 0.308. The van der Waals surface area contributed by atoms with Crippen LogP contribution in [0.15, 0.2) is 34.9 Å². The molecule has 3 rings (SSSR count). The van der Waals surface area contributed by atoms with Crippen LogP contribution in [-0.2, 0) is 6.42 Å². The molecule has 4 heteroatoms. The van der Waals surface area contributed by atoms with Crippen LogP contribution in [0.3, 0.4) is 0 Å². The van der Waals surface area contributed by atoms with Gasteiger partial charge in [-0.15, -0.1) is 0 Å². The number of phenolic OH excluding ortho intramolecular Hbond substituents is 1. The first-order chi connectivity index (χ1) is 8.31. The summed E-state index contributed by atoms with van der Waals surface area (Å²) in [5.74, 6) is 1.48. The van der Waals surface area contributed by atoms with Gasteiger partial charge >= 0.3 is 0 Å². The van der Waals surface area contributed by atoms with E-state index in [0.717, 1.165) is 30.8 Å². The molecule has 4 nitrogen and oxygen atoms in total. The third kappa shape index (κ3) is 2.17. The molecule has 0 aliphatic carbocycles. The SMILES string of the molecule is Oc1cccc(-c2nc(CC3CNC3)co2)c1. The van der Waals surface area contributed by atoms with Crippen LogP contribution in [0.1, 0.15) is 5.69 Å². The Hall–Kier alpha value is -1.81. The van der Waals surface area contributed by atoms with E-state index in [9.17, 15) is 5.11 Å². The Balaban J connectivity index is 1.79. The number of hydrogen-bond donors (Lipinski definition) is 2. The highest BCUT2D eigenvalue weighted by Gasteiger charge is 2.19. The summed E-state index contributed by atoms with van der Waals surface area (Å²) < 4.78 is 5.43. The maximum atomic E-state index is 9.40. The lowest BCUT2D eigenvalue weighted by Gasteiger charge is -2.25. The molecule has 1 aliphatic heterocycles. The molecule has 17 heavy (non-hydrogen) atoms. The van der Waals surface area contributed by atoms with Crippen molar-refractivity contribution in [2.75, 3.05) is 13.1 Å². The van der Waals surface area contributed by atoms with Crippen molar-refractivity contribution >= 4 is 0 Å². The van der Waals surface area contributed by atoms with E-state index in [2.05, 4.69) is 10.3 Å². The van der Waals surface area contributed by atoms with Gasteiger partial charge in [-0.2, -0.15) is 0 Å². The van der Waals surface area contributed by atoms with Crippen molar-refractivity contribution in [1.29, 1.82) is 0 Å². The minimum absolute atomic E-state index is 0.227. The van der Waals surface area contributed by atoms with Crippen LogP contribution in [0.25, 0.3) is 11.5 Å². The minimum atomic E-state index is 0.227. The third-order valence-corrected chi connectivity index (χ3v) is 3.01. The van der Waals surface area contributed by atoms with Gasteiger partial charge in [0.25, 0.3) is 0 Å². The Kier molecular flexibility index (Phi) is 2.57. The van der Waals surface area contributed by atoms with Crippen LogP contribution in [-0.4, -0.2) is 23.2 Å². The Morgan fingerprint density at radius 3 is 3.00 bits per heavy atom. The molecule has 0 spiro atoms. The molecule has 2 heterocycles. The maximum Gasteiger partial charge on any atom is 0.226 e. The van der Waals surface area contributed by atoms with Crippen molar-refractivity contribution in [3.8, 4) is 17.2 Å². The number of rotatable bonds is 3. The highest BCUT2D eigenvalue weighted by atomic mass is 16.3. The van der Waals surface area contributed by atoms with Crippen LogP contribution in [0.2, 0.25) is 0 Å². The smallest absolute Gasteiger partial charge is 0.226 e. The van der Waals surface area contributed by atoms with E-state index >= 15 is 0 Å². The lowest BCUT2D eigenvalue weighted by molar-refractivity contribution is 0.344. The quantitative estimate of drug-likeness (QED) is 0.844. The van der Waals surface area contributed by atoms with Crippen LogP contribution in [0.4, 0.5) is 0 Å². The number of aromatic nitrogens is 1. The Labute approximate surface area is 99.3 Å². The molecular formula is C13H14N2O2. The van der Waals surface area contributed by atoms with Gasteiger partial charge in [0.15, 0.2) is 0 Å². The highest BCUT2D eigenvalue weighted by Crippen LogP contribution is 2.23. The van der Waals surface area contributed by atoms with E-state index in [1.54, 1.807) is 24.5 Å². The van der Waals surface area contributed by atoms with Gasteiger partial charge in [-0.1, -0.05) is 6.07 Å². The zero-order chi connectivity index (χ0) is 11.7. The molecular weight excluding hydrogens is 216 g/mol. The molecule has 1 aromatic carbocycles. The van der Waals surface area contributed by atoms with Gasteiger partial charge in [-0.3, -0.25) is 0 Å². The van der Waals surface area contributed by atoms with E-state index in [1.807, 2.05) is 6.07 Å². The summed E-state index contributed by atoms with van der Waals surface area (Å²) in [6.45, 7) is 2.13. The fourth-order valence-electron chi connectivity index (χ4n) is 1.96.